The zero-order chi connectivity index (χ0) is 17.1. The third kappa shape index (κ3) is 3.18. The molecule has 0 bridgehead atoms. The van der Waals surface area contributed by atoms with Gasteiger partial charge in [-0.2, -0.15) is 0 Å². The number of carbonyl (C=O) groups is 1. The van der Waals surface area contributed by atoms with Crippen LogP contribution in [-0.4, -0.2) is 16.0 Å². The highest BCUT2D eigenvalue weighted by Gasteiger charge is 2.16. The maximum atomic E-state index is 12.3. The molecule has 0 unspecified atom stereocenters. The molecule has 122 valence electrons. The highest BCUT2D eigenvalue weighted by atomic mass is 16.5. The van der Waals surface area contributed by atoms with Crippen molar-refractivity contribution in [1.29, 1.82) is 0 Å². The van der Waals surface area contributed by atoms with Gasteiger partial charge in [-0.15, -0.1) is 0 Å². The van der Waals surface area contributed by atoms with E-state index in [2.05, 4.69) is 15.5 Å². The molecule has 0 aliphatic carbocycles. The van der Waals surface area contributed by atoms with Crippen LogP contribution in [0.3, 0.4) is 0 Å². The number of benzene rings is 2. The summed E-state index contributed by atoms with van der Waals surface area (Å²) in [6, 6.07) is 20.6. The summed E-state index contributed by atoms with van der Waals surface area (Å²) in [5.41, 5.74) is 1.87. The minimum Gasteiger partial charge on any atom is -0.423 e. The molecule has 2 heterocycles. The van der Waals surface area contributed by atoms with Gasteiger partial charge >= 0.3 is 6.01 Å². The average molecular weight is 331 g/mol. The molecule has 1 amide bonds. The second-order valence-electron chi connectivity index (χ2n) is 5.29. The van der Waals surface area contributed by atoms with Crippen LogP contribution in [0.15, 0.2) is 81.9 Å². The molecule has 6 nitrogen and oxygen atoms in total. The van der Waals surface area contributed by atoms with Crippen LogP contribution in [-0.2, 0) is 0 Å². The van der Waals surface area contributed by atoms with Gasteiger partial charge in [0.2, 0.25) is 0 Å². The van der Waals surface area contributed by atoms with Gasteiger partial charge in [0.05, 0.1) is 6.20 Å². The quantitative estimate of drug-likeness (QED) is 0.604. The Labute approximate surface area is 143 Å². The first kappa shape index (κ1) is 14.9. The van der Waals surface area contributed by atoms with E-state index in [4.69, 9.17) is 8.94 Å². The fourth-order valence-corrected chi connectivity index (χ4v) is 2.35. The van der Waals surface area contributed by atoms with Crippen molar-refractivity contribution in [2.24, 2.45) is 0 Å². The summed E-state index contributed by atoms with van der Waals surface area (Å²) in [6.45, 7) is 0. The molecule has 0 aliphatic rings. The molecule has 2 aromatic heterocycles. The van der Waals surface area contributed by atoms with Gasteiger partial charge in [-0.05, 0) is 0 Å². The van der Waals surface area contributed by atoms with E-state index < -0.39 is 5.91 Å². The third-order valence-electron chi connectivity index (χ3n) is 3.59. The number of hydrogen-bond acceptors (Lipinski definition) is 5. The van der Waals surface area contributed by atoms with Crippen molar-refractivity contribution >= 4 is 11.9 Å². The zero-order valence-electron chi connectivity index (χ0n) is 13.0. The van der Waals surface area contributed by atoms with E-state index in [9.17, 15) is 4.79 Å². The smallest absolute Gasteiger partial charge is 0.302 e. The zero-order valence-corrected chi connectivity index (χ0v) is 13.0. The molecule has 0 atom stereocenters. The van der Waals surface area contributed by atoms with Crippen LogP contribution in [0.1, 0.15) is 10.5 Å². The predicted molar refractivity (Wildman–Crippen MR) is 91.8 cm³/mol. The maximum Gasteiger partial charge on any atom is 0.302 e. The number of anilines is 1. The molecule has 0 saturated heterocycles. The average Bonchev–Trinajstić information content (AvgIpc) is 3.33. The van der Waals surface area contributed by atoms with E-state index in [1.165, 1.54) is 0 Å². The Balaban J connectivity index is 1.50. The fourth-order valence-electron chi connectivity index (χ4n) is 2.35. The van der Waals surface area contributed by atoms with Gasteiger partial charge in [-0.1, -0.05) is 65.8 Å². The topological polar surface area (TPSA) is 81.2 Å². The van der Waals surface area contributed by atoms with Crippen LogP contribution in [0.25, 0.3) is 22.6 Å². The number of hydrogen-bond donors (Lipinski definition) is 1. The highest BCUT2D eigenvalue weighted by molar-refractivity contribution is 6.02. The monoisotopic (exact) mass is 331 g/mol. The summed E-state index contributed by atoms with van der Waals surface area (Å²) >= 11 is 0. The molecule has 6 heteroatoms. The van der Waals surface area contributed by atoms with Crippen molar-refractivity contribution in [3.8, 4) is 22.6 Å². The normalized spacial score (nSPS) is 10.6. The Morgan fingerprint density at radius 1 is 0.880 bits per heavy atom. The first-order valence-corrected chi connectivity index (χ1v) is 7.64. The molecule has 4 aromatic rings. The number of amides is 1. The predicted octanol–water partition coefficient (Wildman–Crippen LogP) is 4.25. The Morgan fingerprint density at radius 2 is 1.52 bits per heavy atom. The summed E-state index contributed by atoms with van der Waals surface area (Å²) in [5.74, 6) is 0.636. The Bertz CT molecular complexity index is 991. The molecule has 4 rings (SSSR count). The van der Waals surface area contributed by atoms with Crippen molar-refractivity contribution in [2.75, 3.05) is 5.32 Å². The molecule has 0 saturated carbocycles. The highest BCUT2D eigenvalue weighted by Crippen LogP contribution is 2.23. The summed E-state index contributed by atoms with van der Waals surface area (Å²) in [7, 11) is 0. The van der Waals surface area contributed by atoms with E-state index in [-0.39, 0.29) is 11.7 Å². The lowest BCUT2D eigenvalue weighted by atomic mass is 10.1. The van der Waals surface area contributed by atoms with Gasteiger partial charge in [-0.25, -0.2) is 4.98 Å². The van der Waals surface area contributed by atoms with Crippen molar-refractivity contribution < 1.29 is 13.7 Å². The Kier molecular flexibility index (Phi) is 3.84. The van der Waals surface area contributed by atoms with Crippen LogP contribution < -0.4 is 5.32 Å². The lowest BCUT2D eigenvalue weighted by Crippen LogP contribution is -2.12. The Hall–Kier alpha value is -3.67. The molecule has 25 heavy (non-hydrogen) atoms. The molecule has 0 aliphatic heterocycles. The van der Waals surface area contributed by atoms with Crippen LogP contribution in [0.5, 0.6) is 0 Å². The first-order chi connectivity index (χ1) is 12.3. The number of oxazole rings is 1. The molecule has 0 radical (unpaired) electrons. The molecule has 0 fully saturated rings. The Morgan fingerprint density at radius 3 is 2.20 bits per heavy atom. The largest absolute Gasteiger partial charge is 0.423 e. The summed E-state index contributed by atoms with van der Waals surface area (Å²) in [4.78, 5) is 16.3. The van der Waals surface area contributed by atoms with Gasteiger partial charge in [0, 0.05) is 17.2 Å². The fraction of sp³-hybridized carbons (Fsp3) is 0. The number of nitrogens with zero attached hydrogens (tertiary/aromatic N) is 2. The van der Waals surface area contributed by atoms with Crippen LogP contribution in [0.4, 0.5) is 6.01 Å². The van der Waals surface area contributed by atoms with E-state index in [0.29, 0.717) is 11.5 Å². The van der Waals surface area contributed by atoms with Crippen molar-refractivity contribution in [2.45, 2.75) is 0 Å². The van der Waals surface area contributed by atoms with Crippen LogP contribution in [0, 0.1) is 0 Å². The summed E-state index contributed by atoms with van der Waals surface area (Å²) in [6.07, 6.45) is 1.56. The van der Waals surface area contributed by atoms with E-state index >= 15 is 0 Å². The molecule has 2 aromatic carbocycles. The van der Waals surface area contributed by atoms with Gasteiger partial charge in [-0.3, -0.25) is 10.1 Å². The lowest BCUT2D eigenvalue weighted by molar-refractivity contribution is 0.101. The summed E-state index contributed by atoms with van der Waals surface area (Å²) < 4.78 is 10.8. The lowest BCUT2D eigenvalue weighted by Gasteiger charge is -1.97. The molecule has 0 spiro atoms. The third-order valence-corrected chi connectivity index (χ3v) is 3.59. The van der Waals surface area contributed by atoms with E-state index in [1.54, 1.807) is 12.3 Å². The maximum absolute atomic E-state index is 12.3. The minimum absolute atomic E-state index is 0.105. The van der Waals surface area contributed by atoms with Crippen molar-refractivity contribution in [3.05, 3.63) is 78.6 Å². The van der Waals surface area contributed by atoms with Gasteiger partial charge < -0.3 is 8.94 Å². The van der Waals surface area contributed by atoms with Gasteiger partial charge in [0.15, 0.2) is 17.2 Å². The molecular formula is C19H13N3O3. The van der Waals surface area contributed by atoms with Crippen LogP contribution in [0.2, 0.25) is 0 Å². The number of nitrogens with one attached hydrogen (secondary N) is 1. The van der Waals surface area contributed by atoms with Crippen LogP contribution >= 0.6 is 0 Å². The van der Waals surface area contributed by atoms with Crippen molar-refractivity contribution in [1.82, 2.24) is 10.1 Å². The van der Waals surface area contributed by atoms with Crippen molar-refractivity contribution in [3.63, 3.8) is 0 Å². The minimum atomic E-state index is -0.451. The molecular weight excluding hydrogens is 318 g/mol. The molecule has 1 N–H and O–H groups in total. The number of rotatable bonds is 4. The standard InChI is InChI=1S/C19H13N3O3/c23-18(15-11-16(25-22-15)13-7-3-1-4-8-13)21-19-20-12-17(24-19)14-9-5-2-6-10-14/h1-12H,(H,20,21,23). The first-order valence-electron chi connectivity index (χ1n) is 7.64. The van der Waals surface area contributed by atoms with Gasteiger partial charge in [0.1, 0.15) is 0 Å². The van der Waals surface area contributed by atoms with E-state index in [1.807, 2.05) is 60.7 Å². The second kappa shape index (κ2) is 6.45. The van der Waals surface area contributed by atoms with Gasteiger partial charge in [0.25, 0.3) is 5.91 Å². The number of carbonyl (C=O) groups excluding carboxylic acids is 1. The number of aromatic nitrogens is 2. The second-order valence-corrected chi connectivity index (χ2v) is 5.29. The SMILES string of the molecule is O=C(Nc1ncc(-c2ccccc2)o1)c1cc(-c2ccccc2)on1. The van der Waals surface area contributed by atoms with E-state index in [0.717, 1.165) is 11.1 Å². The summed E-state index contributed by atoms with van der Waals surface area (Å²) in [5, 5.41) is 6.37.